The van der Waals surface area contributed by atoms with Gasteiger partial charge in [-0.05, 0) is 31.2 Å². The zero-order chi connectivity index (χ0) is 15.7. The number of imidazole rings is 1. The third kappa shape index (κ3) is 3.24. The fourth-order valence-corrected chi connectivity index (χ4v) is 3.23. The summed E-state index contributed by atoms with van der Waals surface area (Å²) in [6.07, 6.45) is 3.40. The molecule has 0 aliphatic heterocycles. The largest absolute Gasteiger partial charge is 0.501 e. The van der Waals surface area contributed by atoms with E-state index in [9.17, 15) is 21.6 Å². The number of halogens is 3. The normalized spacial score (nSPS) is 12.6. The van der Waals surface area contributed by atoms with Crippen LogP contribution in [0.25, 0.3) is 0 Å². The molecule has 0 spiro atoms. The Morgan fingerprint density at radius 3 is 2.38 bits per heavy atom. The highest BCUT2D eigenvalue weighted by Crippen LogP contribution is 2.32. The van der Waals surface area contributed by atoms with Gasteiger partial charge in [0.1, 0.15) is 0 Å². The average molecular weight is 336 g/mol. The summed E-state index contributed by atoms with van der Waals surface area (Å²) in [6, 6.07) is 4.56. The van der Waals surface area contributed by atoms with Crippen LogP contribution in [-0.4, -0.2) is 23.5 Å². The van der Waals surface area contributed by atoms with E-state index in [0.29, 0.717) is 16.6 Å². The van der Waals surface area contributed by atoms with E-state index >= 15 is 0 Å². The standard InChI is InChI=1S/C12H11F3N2O2S2/c1-2-17-8-7-16-11(17)20-9-3-5-10(6-4-9)21(18,19)12(13,14)15/h3-8H,2H2,1H3. The Hall–Kier alpha value is -1.48. The molecule has 1 aromatic heterocycles. The molecule has 0 fully saturated rings. The Morgan fingerprint density at radius 1 is 1.24 bits per heavy atom. The van der Waals surface area contributed by atoms with Crippen LogP contribution in [0.5, 0.6) is 0 Å². The molecule has 2 aromatic rings. The molecule has 0 bridgehead atoms. The number of rotatable bonds is 4. The lowest BCUT2D eigenvalue weighted by atomic mass is 10.4. The smallest absolute Gasteiger partial charge is 0.326 e. The number of aromatic nitrogens is 2. The van der Waals surface area contributed by atoms with Crippen LogP contribution in [0, 0.1) is 0 Å². The Labute approximate surface area is 123 Å². The molecule has 4 nitrogen and oxygen atoms in total. The maximum atomic E-state index is 12.4. The first-order valence-corrected chi connectivity index (χ1v) is 8.16. The Kier molecular flexibility index (Phi) is 4.33. The number of aryl methyl sites for hydroxylation is 1. The fourth-order valence-electron chi connectivity index (χ4n) is 1.57. The summed E-state index contributed by atoms with van der Waals surface area (Å²) in [6.45, 7) is 2.65. The maximum absolute atomic E-state index is 12.4. The number of hydrogen-bond donors (Lipinski definition) is 0. The second-order valence-electron chi connectivity index (χ2n) is 4.02. The minimum Gasteiger partial charge on any atom is -0.326 e. The third-order valence-electron chi connectivity index (χ3n) is 2.67. The van der Waals surface area contributed by atoms with Gasteiger partial charge in [0, 0.05) is 23.8 Å². The van der Waals surface area contributed by atoms with Crippen molar-refractivity contribution in [3.63, 3.8) is 0 Å². The first kappa shape index (κ1) is 15.9. The summed E-state index contributed by atoms with van der Waals surface area (Å²) in [5, 5.41) is 0.684. The van der Waals surface area contributed by atoms with Crippen LogP contribution >= 0.6 is 11.8 Å². The molecule has 0 atom stereocenters. The predicted octanol–water partition coefficient (Wildman–Crippen LogP) is 3.35. The van der Waals surface area contributed by atoms with Gasteiger partial charge in [-0.2, -0.15) is 13.2 Å². The van der Waals surface area contributed by atoms with Crippen molar-refractivity contribution in [3.05, 3.63) is 36.7 Å². The third-order valence-corrected chi connectivity index (χ3v) is 5.20. The molecule has 0 saturated heterocycles. The fraction of sp³-hybridized carbons (Fsp3) is 0.250. The van der Waals surface area contributed by atoms with E-state index < -0.39 is 20.2 Å². The molecule has 1 heterocycles. The lowest BCUT2D eigenvalue weighted by Gasteiger charge is -2.09. The highest BCUT2D eigenvalue weighted by atomic mass is 32.2. The first-order valence-electron chi connectivity index (χ1n) is 5.86. The van der Waals surface area contributed by atoms with Crippen molar-refractivity contribution in [2.45, 2.75) is 33.9 Å². The van der Waals surface area contributed by atoms with Crippen molar-refractivity contribution in [3.8, 4) is 0 Å². The summed E-state index contributed by atoms with van der Waals surface area (Å²) in [7, 11) is -5.30. The van der Waals surface area contributed by atoms with Gasteiger partial charge in [-0.15, -0.1) is 0 Å². The van der Waals surface area contributed by atoms with E-state index in [4.69, 9.17) is 0 Å². The molecular formula is C12H11F3N2O2S2. The number of hydrogen-bond acceptors (Lipinski definition) is 4. The summed E-state index contributed by atoms with van der Waals surface area (Å²) in [5.41, 5.74) is -5.29. The summed E-state index contributed by atoms with van der Waals surface area (Å²) < 4.78 is 61.6. The van der Waals surface area contributed by atoms with Crippen LogP contribution in [0.4, 0.5) is 13.2 Å². The minimum atomic E-state index is -5.30. The Bertz CT molecular complexity index is 722. The zero-order valence-corrected chi connectivity index (χ0v) is 12.5. The number of nitrogens with zero attached hydrogens (tertiary/aromatic N) is 2. The van der Waals surface area contributed by atoms with E-state index in [0.717, 1.165) is 12.1 Å². The molecule has 0 unspecified atom stereocenters. The van der Waals surface area contributed by atoms with Gasteiger partial charge >= 0.3 is 5.51 Å². The highest BCUT2D eigenvalue weighted by molar-refractivity contribution is 7.99. The summed E-state index contributed by atoms with van der Waals surface area (Å²) in [4.78, 5) is 3.96. The summed E-state index contributed by atoms with van der Waals surface area (Å²) >= 11 is 1.25. The van der Waals surface area contributed by atoms with Crippen molar-refractivity contribution in [1.29, 1.82) is 0 Å². The molecule has 2 rings (SSSR count). The molecule has 0 radical (unpaired) electrons. The topological polar surface area (TPSA) is 52.0 Å². The van der Waals surface area contributed by atoms with Gasteiger partial charge in [0.25, 0.3) is 9.84 Å². The molecule has 0 aliphatic rings. The molecule has 0 N–H and O–H groups in total. The summed E-state index contributed by atoms with van der Waals surface area (Å²) in [5.74, 6) is 0. The second kappa shape index (κ2) is 5.72. The van der Waals surface area contributed by atoms with E-state index in [1.54, 1.807) is 12.4 Å². The zero-order valence-electron chi connectivity index (χ0n) is 10.8. The Morgan fingerprint density at radius 2 is 1.86 bits per heavy atom. The first-order chi connectivity index (χ1) is 9.75. The van der Waals surface area contributed by atoms with E-state index in [-0.39, 0.29) is 0 Å². The van der Waals surface area contributed by atoms with Gasteiger partial charge in [-0.1, -0.05) is 11.8 Å². The van der Waals surface area contributed by atoms with Gasteiger partial charge < -0.3 is 4.57 Å². The maximum Gasteiger partial charge on any atom is 0.501 e. The molecule has 9 heteroatoms. The number of alkyl halides is 3. The molecule has 0 saturated carbocycles. The highest BCUT2D eigenvalue weighted by Gasteiger charge is 2.46. The van der Waals surface area contributed by atoms with Gasteiger partial charge in [0.2, 0.25) is 0 Å². The van der Waals surface area contributed by atoms with Crippen LogP contribution < -0.4 is 0 Å². The van der Waals surface area contributed by atoms with Crippen LogP contribution in [0.1, 0.15) is 6.92 Å². The number of benzene rings is 1. The lowest BCUT2D eigenvalue weighted by molar-refractivity contribution is -0.0436. The molecule has 0 aliphatic carbocycles. The van der Waals surface area contributed by atoms with Gasteiger partial charge in [0.05, 0.1) is 4.90 Å². The molecule has 1 aromatic carbocycles. The van der Waals surface area contributed by atoms with Crippen LogP contribution in [-0.2, 0) is 16.4 Å². The second-order valence-corrected chi connectivity index (χ2v) is 7.00. The average Bonchev–Trinajstić information content (AvgIpc) is 2.85. The number of sulfone groups is 1. The van der Waals surface area contributed by atoms with Crippen LogP contribution in [0.15, 0.2) is 51.6 Å². The molecule has 21 heavy (non-hydrogen) atoms. The van der Waals surface area contributed by atoms with Crippen LogP contribution in [0.2, 0.25) is 0 Å². The van der Waals surface area contributed by atoms with Crippen molar-refractivity contribution >= 4 is 21.6 Å². The monoisotopic (exact) mass is 336 g/mol. The van der Waals surface area contributed by atoms with Crippen molar-refractivity contribution in [1.82, 2.24) is 9.55 Å². The van der Waals surface area contributed by atoms with Gasteiger partial charge in [-0.25, -0.2) is 13.4 Å². The predicted molar refractivity (Wildman–Crippen MR) is 71.7 cm³/mol. The Balaban J connectivity index is 2.24. The lowest BCUT2D eigenvalue weighted by Crippen LogP contribution is -2.23. The molecule has 0 amide bonds. The van der Waals surface area contributed by atoms with E-state index in [1.165, 1.54) is 23.9 Å². The molecule has 114 valence electrons. The van der Waals surface area contributed by atoms with Gasteiger partial charge in [-0.3, -0.25) is 0 Å². The molecular weight excluding hydrogens is 325 g/mol. The van der Waals surface area contributed by atoms with Gasteiger partial charge in [0.15, 0.2) is 5.16 Å². The quantitative estimate of drug-likeness (QED) is 0.859. The van der Waals surface area contributed by atoms with Crippen LogP contribution in [0.3, 0.4) is 0 Å². The SMILES string of the molecule is CCn1ccnc1Sc1ccc(S(=O)(=O)C(F)(F)F)cc1. The minimum absolute atomic E-state index is 0.608. The van der Waals surface area contributed by atoms with Crippen molar-refractivity contribution in [2.24, 2.45) is 0 Å². The van der Waals surface area contributed by atoms with E-state index in [2.05, 4.69) is 4.98 Å². The van der Waals surface area contributed by atoms with E-state index in [1.807, 2.05) is 11.5 Å². The van der Waals surface area contributed by atoms with Crippen molar-refractivity contribution in [2.75, 3.05) is 0 Å². The van der Waals surface area contributed by atoms with Crippen molar-refractivity contribution < 1.29 is 21.6 Å².